The van der Waals surface area contributed by atoms with Crippen LogP contribution in [0, 0.1) is 35.5 Å². The van der Waals surface area contributed by atoms with Crippen molar-refractivity contribution in [3.63, 3.8) is 0 Å². The van der Waals surface area contributed by atoms with Gasteiger partial charge in [-0.05, 0) is 117 Å². The summed E-state index contributed by atoms with van der Waals surface area (Å²) < 4.78 is 0. The summed E-state index contributed by atoms with van der Waals surface area (Å²) in [6.07, 6.45) is 25.3. The Labute approximate surface area is 206 Å². The molecule has 0 unspecified atom stereocenters. The van der Waals surface area contributed by atoms with Crippen LogP contribution in [0.25, 0.3) is 0 Å². The molecule has 33 heavy (non-hydrogen) atoms. The summed E-state index contributed by atoms with van der Waals surface area (Å²) >= 11 is 0. The molecule has 0 heteroatoms. The zero-order chi connectivity index (χ0) is 23.0. The van der Waals surface area contributed by atoms with Crippen LogP contribution in [-0.4, -0.2) is 0 Å². The van der Waals surface area contributed by atoms with Gasteiger partial charge in [-0.15, -0.1) is 0 Å². The third-order valence-electron chi connectivity index (χ3n) is 10.4. The minimum atomic E-state index is 0.727. The topological polar surface area (TPSA) is 0 Å². The number of hydrogen-bond acceptors (Lipinski definition) is 0. The average molecular weight is 451 g/mol. The van der Waals surface area contributed by atoms with Crippen molar-refractivity contribution in [2.75, 3.05) is 0 Å². The van der Waals surface area contributed by atoms with E-state index in [0.717, 1.165) is 41.4 Å². The second kappa shape index (κ2) is 12.8. The Kier molecular flexibility index (Phi) is 9.81. The summed E-state index contributed by atoms with van der Waals surface area (Å²) in [6.45, 7) is 7.11. The molecular formula is C33H54. The van der Waals surface area contributed by atoms with E-state index < -0.39 is 0 Å². The third-order valence-corrected chi connectivity index (χ3v) is 10.4. The SMILES string of the molecule is CCCc1ccc([C@H](C)CC2CCC(C3CCC(C4CCC(CCC)CC4)CC3)CC2)cc1. The van der Waals surface area contributed by atoms with Crippen LogP contribution in [0.3, 0.4) is 0 Å². The van der Waals surface area contributed by atoms with Crippen LogP contribution in [0.5, 0.6) is 0 Å². The zero-order valence-electron chi connectivity index (χ0n) is 22.4. The van der Waals surface area contributed by atoms with Crippen molar-refractivity contribution in [2.45, 2.75) is 136 Å². The van der Waals surface area contributed by atoms with Crippen molar-refractivity contribution in [2.24, 2.45) is 35.5 Å². The monoisotopic (exact) mass is 450 g/mol. The van der Waals surface area contributed by atoms with Crippen molar-refractivity contribution in [1.29, 1.82) is 0 Å². The van der Waals surface area contributed by atoms with Gasteiger partial charge in [-0.25, -0.2) is 0 Å². The molecule has 3 saturated carbocycles. The second-order valence-electron chi connectivity index (χ2n) is 12.7. The molecule has 0 bridgehead atoms. The molecule has 0 aliphatic heterocycles. The molecule has 0 N–H and O–H groups in total. The molecule has 1 aromatic carbocycles. The first-order valence-electron chi connectivity index (χ1n) is 15.2. The second-order valence-corrected chi connectivity index (χ2v) is 12.7. The van der Waals surface area contributed by atoms with Crippen LogP contribution in [0.1, 0.15) is 141 Å². The molecule has 0 saturated heterocycles. The highest BCUT2D eigenvalue weighted by Crippen LogP contribution is 2.47. The Balaban J connectivity index is 1.15. The molecule has 4 rings (SSSR count). The average Bonchev–Trinajstić information content (AvgIpc) is 2.86. The van der Waals surface area contributed by atoms with Crippen molar-refractivity contribution in [1.82, 2.24) is 0 Å². The van der Waals surface area contributed by atoms with E-state index >= 15 is 0 Å². The van der Waals surface area contributed by atoms with Crippen LogP contribution < -0.4 is 0 Å². The van der Waals surface area contributed by atoms with Gasteiger partial charge in [-0.3, -0.25) is 0 Å². The van der Waals surface area contributed by atoms with Gasteiger partial charge in [0.05, 0.1) is 0 Å². The first kappa shape index (κ1) is 25.3. The summed E-state index contributed by atoms with van der Waals surface area (Å²) in [6, 6.07) is 9.57. The van der Waals surface area contributed by atoms with E-state index in [0.29, 0.717) is 0 Å². The number of benzene rings is 1. The molecule has 186 valence electrons. The van der Waals surface area contributed by atoms with Gasteiger partial charge in [0.15, 0.2) is 0 Å². The highest BCUT2D eigenvalue weighted by Gasteiger charge is 2.34. The van der Waals surface area contributed by atoms with Gasteiger partial charge in [0, 0.05) is 0 Å². The van der Waals surface area contributed by atoms with Crippen LogP contribution in [0.15, 0.2) is 24.3 Å². The lowest BCUT2D eigenvalue weighted by Crippen LogP contribution is -2.30. The van der Waals surface area contributed by atoms with E-state index in [1.54, 1.807) is 56.9 Å². The zero-order valence-corrected chi connectivity index (χ0v) is 22.4. The number of rotatable bonds is 9. The van der Waals surface area contributed by atoms with Crippen LogP contribution >= 0.6 is 0 Å². The quantitative estimate of drug-likeness (QED) is 0.351. The summed E-state index contributed by atoms with van der Waals surface area (Å²) in [4.78, 5) is 0. The smallest absolute Gasteiger partial charge is 0.0188 e. The Hall–Kier alpha value is -0.780. The van der Waals surface area contributed by atoms with Gasteiger partial charge >= 0.3 is 0 Å². The van der Waals surface area contributed by atoms with Gasteiger partial charge in [-0.1, -0.05) is 90.0 Å². The molecule has 0 radical (unpaired) electrons. The van der Waals surface area contributed by atoms with Gasteiger partial charge in [0.25, 0.3) is 0 Å². The first-order chi connectivity index (χ1) is 16.2. The standard InChI is InChI=1S/C33H54/c1-4-6-26-8-14-29(15-9-26)25(3)24-28-12-18-31(19-13-28)33-22-20-32(21-23-33)30-16-10-27(7-5-2)11-17-30/h8-9,14-15,25,27-28,30-33H,4-7,10-13,16-24H2,1-3H3/t25-,27?,28?,30?,31?,32?,33?/m1/s1. The van der Waals surface area contributed by atoms with Crippen molar-refractivity contribution in [3.05, 3.63) is 35.4 Å². The molecule has 0 spiro atoms. The molecule has 0 nitrogen and oxygen atoms in total. The normalized spacial score (nSPS) is 34.2. The fourth-order valence-corrected chi connectivity index (χ4v) is 8.28. The fourth-order valence-electron chi connectivity index (χ4n) is 8.28. The van der Waals surface area contributed by atoms with Crippen LogP contribution in [0.2, 0.25) is 0 Å². The first-order valence-corrected chi connectivity index (χ1v) is 15.2. The Morgan fingerprint density at radius 3 is 1.52 bits per heavy atom. The summed E-state index contributed by atoms with van der Waals surface area (Å²) in [5, 5.41) is 0. The predicted octanol–water partition coefficient (Wildman–Crippen LogP) is 10.4. The summed E-state index contributed by atoms with van der Waals surface area (Å²) in [5.41, 5.74) is 3.08. The van der Waals surface area contributed by atoms with E-state index in [9.17, 15) is 0 Å². The Bertz CT molecular complexity index is 648. The molecule has 1 aromatic rings. The van der Waals surface area contributed by atoms with Crippen molar-refractivity contribution >= 4 is 0 Å². The molecular weight excluding hydrogens is 396 g/mol. The largest absolute Gasteiger partial charge is 0.0654 e. The number of aryl methyl sites for hydroxylation is 1. The van der Waals surface area contributed by atoms with Gasteiger partial charge in [0.2, 0.25) is 0 Å². The molecule has 3 aliphatic rings. The van der Waals surface area contributed by atoms with E-state index in [4.69, 9.17) is 0 Å². The maximum Gasteiger partial charge on any atom is -0.0188 e. The summed E-state index contributed by atoms with van der Waals surface area (Å²) in [7, 11) is 0. The molecule has 1 atom stereocenters. The Morgan fingerprint density at radius 1 is 0.606 bits per heavy atom. The van der Waals surface area contributed by atoms with Crippen LogP contribution in [0.4, 0.5) is 0 Å². The lowest BCUT2D eigenvalue weighted by molar-refractivity contribution is 0.102. The molecule has 3 aliphatic carbocycles. The number of hydrogen-bond donors (Lipinski definition) is 0. The molecule has 0 aromatic heterocycles. The van der Waals surface area contributed by atoms with Crippen LogP contribution in [-0.2, 0) is 6.42 Å². The molecule has 0 amide bonds. The lowest BCUT2D eigenvalue weighted by Gasteiger charge is -2.41. The van der Waals surface area contributed by atoms with E-state index in [1.165, 1.54) is 63.4 Å². The van der Waals surface area contributed by atoms with E-state index in [-0.39, 0.29) is 0 Å². The Morgan fingerprint density at radius 2 is 1.06 bits per heavy atom. The highest BCUT2D eigenvalue weighted by molar-refractivity contribution is 5.25. The van der Waals surface area contributed by atoms with Gasteiger partial charge < -0.3 is 0 Å². The highest BCUT2D eigenvalue weighted by atomic mass is 14.4. The molecule has 0 heterocycles. The third kappa shape index (κ3) is 7.11. The lowest BCUT2D eigenvalue weighted by atomic mass is 9.64. The fraction of sp³-hybridized carbons (Fsp3) is 0.818. The van der Waals surface area contributed by atoms with E-state index in [2.05, 4.69) is 45.0 Å². The summed E-state index contributed by atoms with van der Waals surface area (Å²) in [5.74, 6) is 7.08. The van der Waals surface area contributed by atoms with Gasteiger partial charge in [-0.2, -0.15) is 0 Å². The minimum Gasteiger partial charge on any atom is -0.0654 e. The minimum absolute atomic E-state index is 0.727. The maximum atomic E-state index is 2.47. The van der Waals surface area contributed by atoms with Crippen molar-refractivity contribution in [3.8, 4) is 0 Å². The van der Waals surface area contributed by atoms with Gasteiger partial charge in [0.1, 0.15) is 0 Å². The van der Waals surface area contributed by atoms with Crippen molar-refractivity contribution < 1.29 is 0 Å². The predicted molar refractivity (Wildman–Crippen MR) is 145 cm³/mol. The van der Waals surface area contributed by atoms with E-state index in [1.807, 2.05) is 0 Å². The molecule has 3 fully saturated rings. The maximum absolute atomic E-state index is 2.47.